The third-order valence-electron chi connectivity index (χ3n) is 4.34. The van der Waals surface area contributed by atoms with Crippen LogP contribution >= 0.6 is 0 Å². The van der Waals surface area contributed by atoms with E-state index in [1.807, 2.05) is 0 Å². The molecule has 0 aliphatic heterocycles. The van der Waals surface area contributed by atoms with Gasteiger partial charge in [0.05, 0.1) is 19.9 Å². The van der Waals surface area contributed by atoms with Crippen LogP contribution in [0.5, 0.6) is 5.75 Å². The maximum absolute atomic E-state index is 14.3. The summed E-state index contributed by atoms with van der Waals surface area (Å²) >= 11 is 0. The van der Waals surface area contributed by atoms with Gasteiger partial charge in [0.2, 0.25) is 5.95 Å². The van der Waals surface area contributed by atoms with Crippen LogP contribution in [0.15, 0.2) is 54.7 Å². The van der Waals surface area contributed by atoms with Gasteiger partial charge in [-0.15, -0.1) is 0 Å². The van der Waals surface area contributed by atoms with Crippen molar-refractivity contribution in [3.05, 3.63) is 66.1 Å². The Morgan fingerprint density at radius 2 is 1.84 bits per heavy atom. The Morgan fingerprint density at radius 3 is 2.56 bits per heavy atom. The minimum absolute atomic E-state index is 0.0354. The highest BCUT2D eigenvalue weighted by atomic mass is 19.1. The van der Waals surface area contributed by atoms with Gasteiger partial charge in [-0.05, 0) is 42.5 Å². The normalized spacial score (nSPS) is 10.5. The van der Waals surface area contributed by atoms with Gasteiger partial charge < -0.3 is 20.1 Å². The molecule has 3 rings (SSSR count). The summed E-state index contributed by atoms with van der Waals surface area (Å²) in [6, 6.07) is 13.8. The van der Waals surface area contributed by atoms with Gasteiger partial charge in [0.1, 0.15) is 12.4 Å². The molecule has 10 heteroatoms. The van der Waals surface area contributed by atoms with E-state index >= 15 is 0 Å². The van der Waals surface area contributed by atoms with E-state index < -0.39 is 5.82 Å². The van der Waals surface area contributed by atoms with Crippen molar-refractivity contribution in [2.75, 3.05) is 45.1 Å². The Balaban J connectivity index is 1.70. The number of carbonyl (C=O) groups excluding carboxylic acids is 1. The van der Waals surface area contributed by atoms with Gasteiger partial charge in [0.25, 0.3) is 5.91 Å². The summed E-state index contributed by atoms with van der Waals surface area (Å²) in [5.74, 6) is -0.108. The minimum atomic E-state index is -0.636. The second-order valence-corrected chi connectivity index (χ2v) is 6.57. The summed E-state index contributed by atoms with van der Waals surface area (Å²) < 4.78 is 24.8. The first-order valence-electron chi connectivity index (χ1n) is 9.70. The highest BCUT2D eigenvalue weighted by Gasteiger charge is 2.13. The zero-order chi connectivity index (χ0) is 22.9. The molecule has 2 N–H and O–H groups in total. The first kappa shape index (κ1) is 22.9. The molecular formula is C22H24FN5O4. The SMILES string of the molecule is COCCOc1ccc(Nc2ncc(F)c(Nc3cccc(C(=O)N(C)OC)c3)n2)cc1. The van der Waals surface area contributed by atoms with E-state index in [1.165, 1.54) is 14.2 Å². The summed E-state index contributed by atoms with van der Waals surface area (Å²) in [5.41, 5.74) is 1.57. The van der Waals surface area contributed by atoms with Gasteiger partial charge in [-0.3, -0.25) is 9.63 Å². The summed E-state index contributed by atoms with van der Waals surface area (Å²) in [5, 5.41) is 6.99. The maximum Gasteiger partial charge on any atom is 0.277 e. The second-order valence-electron chi connectivity index (χ2n) is 6.57. The maximum atomic E-state index is 14.3. The number of anilines is 4. The van der Waals surface area contributed by atoms with Crippen LogP contribution in [0.4, 0.5) is 27.5 Å². The molecule has 0 saturated carbocycles. The molecule has 0 radical (unpaired) electrons. The van der Waals surface area contributed by atoms with Crippen molar-refractivity contribution in [3.8, 4) is 5.75 Å². The lowest BCUT2D eigenvalue weighted by Gasteiger charge is -2.14. The first-order valence-corrected chi connectivity index (χ1v) is 9.70. The predicted molar refractivity (Wildman–Crippen MR) is 118 cm³/mol. The van der Waals surface area contributed by atoms with Gasteiger partial charge in [-0.1, -0.05) is 6.07 Å². The number of amides is 1. The predicted octanol–water partition coefficient (Wildman–Crippen LogP) is 3.76. The van der Waals surface area contributed by atoms with Gasteiger partial charge in [0, 0.05) is 31.1 Å². The number of carbonyl (C=O) groups is 1. The average Bonchev–Trinajstić information content (AvgIpc) is 2.81. The fraction of sp³-hybridized carbons (Fsp3) is 0.227. The summed E-state index contributed by atoms with van der Waals surface area (Å²) in [7, 11) is 4.51. The molecule has 1 heterocycles. The molecule has 0 unspecified atom stereocenters. The highest BCUT2D eigenvalue weighted by Crippen LogP contribution is 2.23. The van der Waals surface area contributed by atoms with E-state index in [9.17, 15) is 9.18 Å². The number of ether oxygens (including phenoxy) is 2. The molecule has 0 bridgehead atoms. The number of nitrogens with zero attached hydrogens (tertiary/aromatic N) is 3. The summed E-state index contributed by atoms with van der Waals surface area (Å²) in [6.07, 6.45) is 1.06. The minimum Gasteiger partial charge on any atom is -0.491 e. The zero-order valence-electron chi connectivity index (χ0n) is 18.0. The van der Waals surface area contributed by atoms with Crippen LogP contribution in [0.3, 0.4) is 0 Å². The fourth-order valence-corrected chi connectivity index (χ4v) is 2.65. The third-order valence-corrected chi connectivity index (χ3v) is 4.34. The van der Waals surface area contributed by atoms with Crippen LogP contribution in [-0.2, 0) is 9.57 Å². The van der Waals surface area contributed by atoms with Crippen molar-refractivity contribution in [3.63, 3.8) is 0 Å². The van der Waals surface area contributed by atoms with Crippen molar-refractivity contribution in [2.24, 2.45) is 0 Å². The monoisotopic (exact) mass is 441 g/mol. The molecule has 168 valence electrons. The number of aromatic nitrogens is 2. The van der Waals surface area contributed by atoms with E-state index in [0.717, 1.165) is 11.3 Å². The number of rotatable bonds is 10. The Labute approximate surface area is 185 Å². The number of halogens is 1. The quantitative estimate of drug-likeness (QED) is 0.363. The van der Waals surface area contributed by atoms with Crippen molar-refractivity contribution < 1.29 is 23.5 Å². The van der Waals surface area contributed by atoms with Gasteiger partial charge >= 0.3 is 0 Å². The second kappa shape index (κ2) is 11.0. The molecule has 0 aliphatic rings. The van der Waals surface area contributed by atoms with Crippen molar-refractivity contribution >= 4 is 29.0 Å². The summed E-state index contributed by atoms with van der Waals surface area (Å²) in [4.78, 5) is 25.3. The van der Waals surface area contributed by atoms with Crippen molar-refractivity contribution in [1.82, 2.24) is 15.0 Å². The lowest BCUT2D eigenvalue weighted by atomic mass is 10.2. The zero-order valence-corrected chi connectivity index (χ0v) is 18.0. The van der Waals surface area contributed by atoms with E-state index in [1.54, 1.807) is 55.6 Å². The van der Waals surface area contributed by atoms with Crippen LogP contribution in [0.1, 0.15) is 10.4 Å². The molecule has 1 amide bonds. The number of benzene rings is 2. The number of hydrogen-bond donors (Lipinski definition) is 2. The highest BCUT2D eigenvalue weighted by molar-refractivity contribution is 5.94. The van der Waals surface area contributed by atoms with Crippen LogP contribution in [0.2, 0.25) is 0 Å². The number of hydrogen-bond acceptors (Lipinski definition) is 8. The Bertz CT molecular complexity index is 1050. The van der Waals surface area contributed by atoms with E-state index in [-0.39, 0.29) is 17.7 Å². The molecule has 0 aliphatic carbocycles. The molecule has 3 aromatic rings. The van der Waals surface area contributed by atoms with Crippen LogP contribution in [-0.4, -0.2) is 55.4 Å². The van der Waals surface area contributed by atoms with Gasteiger partial charge in [-0.2, -0.15) is 4.98 Å². The molecule has 0 fully saturated rings. The third kappa shape index (κ3) is 6.13. The molecule has 9 nitrogen and oxygen atoms in total. The van der Waals surface area contributed by atoms with Crippen LogP contribution < -0.4 is 15.4 Å². The largest absolute Gasteiger partial charge is 0.491 e. The van der Waals surface area contributed by atoms with Crippen molar-refractivity contribution in [2.45, 2.75) is 0 Å². The first-order chi connectivity index (χ1) is 15.5. The fourth-order valence-electron chi connectivity index (χ4n) is 2.65. The van der Waals surface area contributed by atoms with E-state index in [2.05, 4.69) is 20.6 Å². The molecule has 1 aromatic heterocycles. The molecule has 2 aromatic carbocycles. The Hall–Kier alpha value is -3.76. The molecular weight excluding hydrogens is 417 g/mol. The van der Waals surface area contributed by atoms with Crippen molar-refractivity contribution in [1.29, 1.82) is 0 Å². The van der Waals surface area contributed by atoms with E-state index in [0.29, 0.717) is 35.9 Å². The van der Waals surface area contributed by atoms with Crippen LogP contribution in [0.25, 0.3) is 0 Å². The van der Waals surface area contributed by atoms with Gasteiger partial charge in [0.15, 0.2) is 11.6 Å². The molecule has 32 heavy (non-hydrogen) atoms. The lowest BCUT2D eigenvalue weighted by molar-refractivity contribution is -0.0756. The Kier molecular flexibility index (Phi) is 7.90. The van der Waals surface area contributed by atoms with E-state index in [4.69, 9.17) is 14.3 Å². The average molecular weight is 441 g/mol. The molecule has 0 atom stereocenters. The van der Waals surface area contributed by atoms with Gasteiger partial charge in [-0.25, -0.2) is 14.4 Å². The number of methoxy groups -OCH3 is 1. The lowest BCUT2D eigenvalue weighted by Crippen LogP contribution is -2.25. The van der Waals surface area contributed by atoms with Crippen LogP contribution in [0, 0.1) is 5.82 Å². The smallest absolute Gasteiger partial charge is 0.277 e. The summed E-state index contributed by atoms with van der Waals surface area (Å²) in [6.45, 7) is 0.952. The standard InChI is InChI=1S/C22H24FN5O4/c1-28(31-3)21(29)15-5-4-6-17(13-15)25-20-19(23)14-24-22(27-20)26-16-7-9-18(10-8-16)32-12-11-30-2/h4-10,13-14H,11-12H2,1-3H3,(H2,24,25,26,27). The number of hydroxylamine groups is 2. The topological polar surface area (TPSA) is 97.8 Å². The number of nitrogens with one attached hydrogen (secondary N) is 2. The molecule has 0 spiro atoms. The Morgan fingerprint density at radius 1 is 1.06 bits per heavy atom. The molecule has 0 saturated heterocycles.